The van der Waals surface area contributed by atoms with Crippen molar-refractivity contribution in [2.75, 3.05) is 13.1 Å². The molecular weight excluding hydrogens is 333 g/mol. The average molecular weight is 353 g/mol. The van der Waals surface area contributed by atoms with Gasteiger partial charge < -0.3 is 10.3 Å². The fourth-order valence-corrected chi connectivity index (χ4v) is 3.42. The van der Waals surface area contributed by atoms with Crippen LogP contribution in [0.15, 0.2) is 42.6 Å². The van der Waals surface area contributed by atoms with Gasteiger partial charge in [-0.2, -0.15) is 0 Å². The molecule has 0 spiro atoms. The summed E-state index contributed by atoms with van der Waals surface area (Å²) >= 11 is 0. The number of rotatable bonds is 5. The fourth-order valence-electron chi connectivity index (χ4n) is 3.42. The predicted molar refractivity (Wildman–Crippen MR) is 95.7 cm³/mol. The molecule has 2 N–H and O–H groups in total. The van der Waals surface area contributed by atoms with Crippen molar-refractivity contribution >= 4 is 16.9 Å². The first-order valence-electron chi connectivity index (χ1n) is 8.75. The number of benzene rings is 1. The van der Waals surface area contributed by atoms with Crippen molar-refractivity contribution in [2.45, 2.75) is 25.4 Å². The van der Waals surface area contributed by atoms with E-state index in [0.717, 1.165) is 36.4 Å². The van der Waals surface area contributed by atoms with Crippen LogP contribution in [0.2, 0.25) is 0 Å². The molecule has 134 valence electrons. The first-order chi connectivity index (χ1) is 12.7. The zero-order valence-corrected chi connectivity index (χ0v) is 14.3. The summed E-state index contributed by atoms with van der Waals surface area (Å²) < 4.78 is 13.4. The van der Waals surface area contributed by atoms with Crippen LogP contribution < -0.4 is 5.32 Å². The molecule has 6 nitrogen and oxygen atoms in total. The molecule has 0 unspecified atom stereocenters. The van der Waals surface area contributed by atoms with Crippen LogP contribution in [-0.4, -0.2) is 38.8 Å². The van der Waals surface area contributed by atoms with E-state index in [4.69, 9.17) is 0 Å². The Morgan fingerprint density at radius 2 is 2.27 bits per heavy atom. The number of hydrogen-bond donors (Lipinski definition) is 2. The molecule has 1 aromatic carbocycles. The number of halogens is 1. The number of carbonyl (C=O) groups is 1. The minimum absolute atomic E-state index is 0.0373. The highest BCUT2D eigenvalue weighted by Gasteiger charge is 2.29. The molecule has 0 saturated carbocycles. The third kappa shape index (κ3) is 3.57. The maximum absolute atomic E-state index is 13.4. The number of aromatic amines is 1. The number of aromatic nitrogens is 3. The minimum Gasteiger partial charge on any atom is -0.349 e. The molecule has 0 bridgehead atoms. The maximum atomic E-state index is 13.4. The van der Waals surface area contributed by atoms with Gasteiger partial charge in [-0.25, -0.2) is 9.37 Å². The van der Waals surface area contributed by atoms with Gasteiger partial charge in [0.25, 0.3) is 0 Å². The van der Waals surface area contributed by atoms with Gasteiger partial charge in [0.2, 0.25) is 5.91 Å². The highest BCUT2D eigenvalue weighted by Crippen LogP contribution is 2.31. The van der Waals surface area contributed by atoms with Gasteiger partial charge in [0.15, 0.2) is 0 Å². The molecule has 3 heterocycles. The first kappa shape index (κ1) is 16.7. The monoisotopic (exact) mass is 353 g/mol. The van der Waals surface area contributed by atoms with E-state index in [0.29, 0.717) is 18.6 Å². The van der Waals surface area contributed by atoms with Gasteiger partial charge in [-0.05, 0) is 49.7 Å². The lowest BCUT2D eigenvalue weighted by Gasteiger charge is -2.22. The largest absolute Gasteiger partial charge is 0.349 e. The van der Waals surface area contributed by atoms with Crippen LogP contribution in [0.25, 0.3) is 11.0 Å². The molecule has 3 aromatic rings. The molecule has 4 rings (SSSR count). The molecule has 1 atom stereocenters. The number of pyridine rings is 1. The van der Waals surface area contributed by atoms with Gasteiger partial charge in [-0.1, -0.05) is 6.07 Å². The molecule has 26 heavy (non-hydrogen) atoms. The summed E-state index contributed by atoms with van der Waals surface area (Å²) in [4.78, 5) is 26.4. The van der Waals surface area contributed by atoms with E-state index >= 15 is 0 Å². The number of likely N-dealkylation sites (tertiary alicyclic amines) is 1. The summed E-state index contributed by atoms with van der Waals surface area (Å²) in [7, 11) is 0. The topological polar surface area (TPSA) is 73.9 Å². The van der Waals surface area contributed by atoms with Crippen LogP contribution >= 0.6 is 0 Å². The van der Waals surface area contributed by atoms with Crippen LogP contribution in [0.4, 0.5) is 4.39 Å². The Morgan fingerprint density at radius 3 is 3.12 bits per heavy atom. The van der Waals surface area contributed by atoms with Crippen molar-refractivity contribution in [2.24, 2.45) is 0 Å². The van der Waals surface area contributed by atoms with Crippen LogP contribution in [0, 0.1) is 5.82 Å². The lowest BCUT2D eigenvalue weighted by molar-refractivity contribution is -0.122. The molecule has 1 saturated heterocycles. The summed E-state index contributed by atoms with van der Waals surface area (Å²) in [5.41, 5.74) is 2.26. The lowest BCUT2D eigenvalue weighted by Crippen LogP contribution is -2.37. The van der Waals surface area contributed by atoms with Crippen molar-refractivity contribution in [1.29, 1.82) is 0 Å². The Morgan fingerprint density at radius 1 is 1.35 bits per heavy atom. The molecule has 0 radical (unpaired) electrons. The second-order valence-corrected chi connectivity index (χ2v) is 6.51. The summed E-state index contributed by atoms with van der Waals surface area (Å²) in [6.07, 6.45) is 3.64. The Balaban J connectivity index is 1.41. The third-order valence-corrected chi connectivity index (χ3v) is 4.68. The normalized spacial score (nSPS) is 17.7. The molecule has 7 heteroatoms. The number of amides is 1. The van der Waals surface area contributed by atoms with E-state index in [1.54, 1.807) is 12.3 Å². The van der Waals surface area contributed by atoms with E-state index in [9.17, 15) is 9.18 Å². The lowest BCUT2D eigenvalue weighted by atomic mass is 10.2. The van der Waals surface area contributed by atoms with Crippen molar-refractivity contribution in [3.05, 3.63) is 59.9 Å². The molecule has 0 aliphatic carbocycles. The number of carbonyl (C=O) groups excluding carboxylic acids is 1. The predicted octanol–water partition coefficient (Wildman–Crippen LogP) is 2.55. The summed E-state index contributed by atoms with van der Waals surface area (Å²) in [5.74, 6) is 0.468. The van der Waals surface area contributed by atoms with E-state index in [2.05, 4.69) is 25.2 Å². The second kappa shape index (κ2) is 7.21. The maximum Gasteiger partial charge on any atom is 0.234 e. The highest BCUT2D eigenvalue weighted by molar-refractivity contribution is 5.78. The quantitative estimate of drug-likeness (QED) is 0.739. The Bertz CT molecular complexity index is 911. The SMILES string of the molecule is O=C(CN1CCC[C@@H]1c1nc2ccc(F)cc2[nH]1)NCc1ccccn1. The van der Waals surface area contributed by atoms with Crippen molar-refractivity contribution < 1.29 is 9.18 Å². The van der Waals surface area contributed by atoms with Crippen LogP contribution in [0.5, 0.6) is 0 Å². The van der Waals surface area contributed by atoms with Gasteiger partial charge in [0.05, 0.1) is 35.9 Å². The number of H-pyrrole nitrogens is 1. The second-order valence-electron chi connectivity index (χ2n) is 6.51. The molecule has 1 aliphatic heterocycles. The van der Waals surface area contributed by atoms with Crippen LogP contribution in [0.3, 0.4) is 0 Å². The highest BCUT2D eigenvalue weighted by atomic mass is 19.1. The number of hydrogen-bond acceptors (Lipinski definition) is 4. The molecule has 1 aliphatic rings. The fraction of sp³-hybridized carbons (Fsp3) is 0.316. The zero-order chi connectivity index (χ0) is 17.9. The van der Waals surface area contributed by atoms with Gasteiger partial charge >= 0.3 is 0 Å². The molecular formula is C19H20FN5O. The number of nitrogens with zero attached hydrogens (tertiary/aromatic N) is 3. The minimum atomic E-state index is -0.287. The summed E-state index contributed by atoms with van der Waals surface area (Å²) in [5, 5.41) is 2.91. The first-order valence-corrected chi connectivity index (χ1v) is 8.75. The zero-order valence-electron chi connectivity index (χ0n) is 14.3. The van der Waals surface area contributed by atoms with E-state index in [1.807, 2.05) is 18.2 Å². The molecule has 1 amide bonds. The average Bonchev–Trinajstić information content (AvgIpc) is 3.26. The number of fused-ring (bicyclic) bond motifs is 1. The smallest absolute Gasteiger partial charge is 0.234 e. The van der Waals surface area contributed by atoms with Gasteiger partial charge in [-0.15, -0.1) is 0 Å². The number of nitrogens with one attached hydrogen (secondary N) is 2. The van der Waals surface area contributed by atoms with Gasteiger partial charge in [-0.3, -0.25) is 14.7 Å². The standard InChI is InChI=1S/C19H20FN5O/c20-13-6-7-15-16(10-13)24-19(23-15)17-5-3-9-25(17)12-18(26)22-11-14-4-1-2-8-21-14/h1-2,4,6-8,10,17H,3,5,9,11-12H2,(H,22,26)(H,23,24)/t17-/m1/s1. The third-order valence-electron chi connectivity index (χ3n) is 4.68. The Hall–Kier alpha value is -2.80. The van der Waals surface area contributed by atoms with Crippen LogP contribution in [-0.2, 0) is 11.3 Å². The van der Waals surface area contributed by atoms with E-state index in [1.165, 1.54) is 12.1 Å². The summed E-state index contributed by atoms with van der Waals surface area (Å²) in [6, 6.07) is 10.2. The van der Waals surface area contributed by atoms with Crippen molar-refractivity contribution in [3.63, 3.8) is 0 Å². The van der Waals surface area contributed by atoms with Gasteiger partial charge in [0.1, 0.15) is 11.6 Å². The van der Waals surface area contributed by atoms with Crippen LogP contribution in [0.1, 0.15) is 30.4 Å². The van der Waals surface area contributed by atoms with Gasteiger partial charge in [0, 0.05) is 6.20 Å². The molecule has 1 fully saturated rings. The Kier molecular flexibility index (Phi) is 4.62. The van der Waals surface area contributed by atoms with Crippen molar-refractivity contribution in [1.82, 2.24) is 25.2 Å². The molecule has 2 aromatic heterocycles. The number of imidazole rings is 1. The summed E-state index contributed by atoms with van der Waals surface area (Å²) in [6.45, 7) is 1.57. The van der Waals surface area contributed by atoms with E-state index < -0.39 is 0 Å². The Labute approximate surface area is 150 Å². The van der Waals surface area contributed by atoms with Crippen molar-refractivity contribution in [3.8, 4) is 0 Å². The van der Waals surface area contributed by atoms with E-state index in [-0.39, 0.29) is 17.8 Å².